The highest BCUT2D eigenvalue weighted by atomic mass is 16.5. The molecule has 0 fully saturated rings. The number of imidazole rings is 1. The Morgan fingerprint density at radius 3 is 2.30 bits per heavy atom. The molecule has 6 nitrogen and oxygen atoms in total. The number of rotatable bonds is 5. The van der Waals surface area contributed by atoms with Crippen LogP contribution >= 0.6 is 0 Å². The highest BCUT2D eigenvalue weighted by Gasteiger charge is 2.16. The molecule has 0 aliphatic heterocycles. The molecule has 23 heavy (non-hydrogen) atoms. The predicted molar refractivity (Wildman–Crippen MR) is 91.7 cm³/mol. The molecule has 6 heteroatoms. The number of aromatic nitrogens is 2. The van der Waals surface area contributed by atoms with Crippen LogP contribution in [-0.2, 0) is 6.54 Å². The summed E-state index contributed by atoms with van der Waals surface area (Å²) >= 11 is 0. The molecule has 2 aromatic carbocycles. The van der Waals surface area contributed by atoms with E-state index in [9.17, 15) is 0 Å². The van der Waals surface area contributed by atoms with Crippen molar-refractivity contribution in [1.82, 2.24) is 9.55 Å². The number of nitrogens with two attached hydrogens (primary N) is 2. The second-order valence-corrected chi connectivity index (χ2v) is 5.19. The maximum absolute atomic E-state index is 5.78. The van der Waals surface area contributed by atoms with Crippen LogP contribution in [-0.4, -0.2) is 30.3 Å². The fourth-order valence-electron chi connectivity index (χ4n) is 2.66. The number of anilines is 1. The Kier molecular flexibility index (Phi) is 4.08. The van der Waals surface area contributed by atoms with Gasteiger partial charge < -0.3 is 25.5 Å². The third-order valence-corrected chi connectivity index (χ3v) is 3.78. The SMILES string of the molecule is COc1cc2nc(-c3ccc(N)cc3)n(CCN)c2cc1OC. The second kappa shape index (κ2) is 6.18. The van der Waals surface area contributed by atoms with Crippen LogP contribution in [0.5, 0.6) is 11.5 Å². The number of methoxy groups -OCH3 is 2. The summed E-state index contributed by atoms with van der Waals surface area (Å²) in [7, 11) is 3.23. The van der Waals surface area contributed by atoms with Gasteiger partial charge >= 0.3 is 0 Å². The summed E-state index contributed by atoms with van der Waals surface area (Å²) in [6.07, 6.45) is 0. The van der Waals surface area contributed by atoms with Crippen LogP contribution in [0.25, 0.3) is 22.4 Å². The molecule has 1 heterocycles. The Hall–Kier alpha value is -2.73. The molecule has 1 aromatic heterocycles. The van der Waals surface area contributed by atoms with E-state index >= 15 is 0 Å². The van der Waals surface area contributed by atoms with E-state index in [0.717, 1.165) is 28.1 Å². The molecule has 0 aliphatic rings. The van der Waals surface area contributed by atoms with E-state index in [1.54, 1.807) is 14.2 Å². The van der Waals surface area contributed by atoms with Crippen molar-refractivity contribution in [2.45, 2.75) is 6.54 Å². The molecule has 0 bridgehead atoms. The molecule has 120 valence electrons. The Bertz CT molecular complexity index is 825. The van der Waals surface area contributed by atoms with E-state index in [1.165, 1.54) is 0 Å². The van der Waals surface area contributed by atoms with Gasteiger partial charge in [0.1, 0.15) is 5.82 Å². The van der Waals surface area contributed by atoms with Crippen LogP contribution in [0.4, 0.5) is 5.69 Å². The lowest BCUT2D eigenvalue weighted by Crippen LogP contribution is -2.11. The second-order valence-electron chi connectivity index (χ2n) is 5.19. The van der Waals surface area contributed by atoms with Crippen LogP contribution in [0.15, 0.2) is 36.4 Å². The van der Waals surface area contributed by atoms with Gasteiger partial charge in [-0.05, 0) is 24.3 Å². The number of nitrogen functional groups attached to an aromatic ring is 1. The minimum Gasteiger partial charge on any atom is -0.493 e. The molecule has 0 saturated heterocycles. The Labute approximate surface area is 134 Å². The van der Waals surface area contributed by atoms with Gasteiger partial charge in [-0.3, -0.25) is 0 Å². The zero-order valence-corrected chi connectivity index (χ0v) is 13.2. The molecule has 0 amide bonds. The van der Waals surface area contributed by atoms with E-state index < -0.39 is 0 Å². The molecule has 3 rings (SSSR count). The first kappa shape index (κ1) is 15.2. The quantitative estimate of drug-likeness (QED) is 0.706. The van der Waals surface area contributed by atoms with Crippen LogP contribution in [0.3, 0.4) is 0 Å². The zero-order chi connectivity index (χ0) is 16.4. The first-order valence-electron chi connectivity index (χ1n) is 7.36. The third-order valence-electron chi connectivity index (χ3n) is 3.78. The van der Waals surface area contributed by atoms with Gasteiger partial charge in [-0.1, -0.05) is 0 Å². The number of ether oxygens (including phenoxy) is 2. The number of fused-ring (bicyclic) bond motifs is 1. The number of nitrogens with zero attached hydrogens (tertiary/aromatic N) is 2. The molecular formula is C17H20N4O2. The van der Waals surface area contributed by atoms with Gasteiger partial charge in [0, 0.05) is 36.5 Å². The molecule has 3 aromatic rings. The van der Waals surface area contributed by atoms with Crippen LogP contribution < -0.4 is 20.9 Å². The van der Waals surface area contributed by atoms with Crippen molar-refractivity contribution in [3.63, 3.8) is 0 Å². The first-order valence-corrected chi connectivity index (χ1v) is 7.36. The smallest absolute Gasteiger partial charge is 0.163 e. The molecule has 4 N–H and O–H groups in total. The van der Waals surface area contributed by atoms with E-state index in [4.69, 9.17) is 25.9 Å². The van der Waals surface area contributed by atoms with E-state index in [0.29, 0.717) is 24.6 Å². The minimum absolute atomic E-state index is 0.516. The maximum Gasteiger partial charge on any atom is 0.163 e. The van der Waals surface area contributed by atoms with E-state index in [-0.39, 0.29) is 0 Å². The molecule has 0 saturated carbocycles. The van der Waals surface area contributed by atoms with Crippen molar-refractivity contribution in [1.29, 1.82) is 0 Å². The summed E-state index contributed by atoms with van der Waals surface area (Å²) in [6.45, 7) is 1.17. The average molecular weight is 312 g/mol. The highest BCUT2D eigenvalue weighted by molar-refractivity contribution is 5.84. The molecular weight excluding hydrogens is 292 g/mol. The van der Waals surface area contributed by atoms with Gasteiger partial charge in [-0.25, -0.2) is 4.98 Å². The Morgan fingerprint density at radius 1 is 1.04 bits per heavy atom. The molecule has 0 radical (unpaired) electrons. The van der Waals surface area contributed by atoms with Gasteiger partial charge in [-0.2, -0.15) is 0 Å². The largest absolute Gasteiger partial charge is 0.493 e. The molecule has 0 aliphatic carbocycles. The summed E-state index contributed by atoms with van der Waals surface area (Å²) in [5, 5.41) is 0. The normalized spacial score (nSPS) is 10.9. The Morgan fingerprint density at radius 2 is 1.70 bits per heavy atom. The monoisotopic (exact) mass is 312 g/mol. The lowest BCUT2D eigenvalue weighted by atomic mass is 10.2. The van der Waals surface area contributed by atoms with Crippen molar-refractivity contribution >= 4 is 16.7 Å². The van der Waals surface area contributed by atoms with Crippen molar-refractivity contribution in [3.05, 3.63) is 36.4 Å². The fraction of sp³-hybridized carbons (Fsp3) is 0.235. The summed E-state index contributed by atoms with van der Waals surface area (Å²) in [6, 6.07) is 11.4. The van der Waals surface area contributed by atoms with Crippen molar-refractivity contribution in [3.8, 4) is 22.9 Å². The van der Waals surface area contributed by atoms with Gasteiger partial charge in [0.2, 0.25) is 0 Å². The first-order chi connectivity index (χ1) is 11.2. The third kappa shape index (κ3) is 2.68. The van der Waals surface area contributed by atoms with E-state index in [1.807, 2.05) is 36.4 Å². The summed E-state index contributed by atoms with van der Waals surface area (Å²) < 4.78 is 12.8. The Balaban J connectivity index is 2.24. The summed E-state index contributed by atoms with van der Waals surface area (Å²) in [5.74, 6) is 2.17. The van der Waals surface area contributed by atoms with Crippen molar-refractivity contribution < 1.29 is 9.47 Å². The van der Waals surface area contributed by atoms with Crippen LogP contribution in [0, 0.1) is 0 Å². The van der Waals surface area contributed by atoms with E-state index in [2.05, 4.69) is 4.57 Å². The zero-order valence-electron chi connectivity index (χ0n) is 13.2. The lowest BCUT2D eigenvalue weighted by molar-refractivity contribution is 0.355. The molecule has 0 spiro atoms. The van der Waals surface area contributed by atoms with Gasteiger partial charge in [0.15, 0.2) is 11.5 Å². The maximum atomic E-state index is 5.78. The van der Waals surface area contributed by atoms with Gasteiger partial charge in [-0.15, -0.1) is 0 Å². The summed E-state index contributed by atoms with van der Waals surface area (Å²) in [5.41, 5.74) is 15.1. The minimum atomic E-state index is 0.516. The summed E-state index contributed by atoms with van der Waals surface area (Å²) in [4.78, 5) is 4.75. The number of benzene rings is 2. The van der Waals surface area contributed by atoms with Gasteiger partial charge in [0.05, 0.1) is 25.3 Å². The molecule has 0 atom stereocenters. The van der Waals surface area contributed by atoms with Crippen molar-refractivity contribution in [2.24, 2.45) is 5.73 Å². The topological polar surface area (TPSA) is 88.3 Å². The lowest BCUT2D eigenvalue weighted by Gasteiger charge is -2.10. The van der Waals surface area contributed by atoms with Crippen LogP contribution in [0.1, 0.15) is 0 Å². The highest BCUT2D eigenvalue weighted by Crippen LogP contribution is 2.34. The predicted octanol–water partition coefficient (Wildman–Crippen LogP) is 2.26. The number of hydrogen-bond acceptors (Lipinski definition) is 5. The van der Waals surface area contributed by atoms with Gasteiger partial charge in [0.25, 0.3) is 0 Å². The number of hydrogen-bond donors (Lipinski definition) is 2. The average Bonchev–Trinajstić information content (AvgIpc) is 2.92. The molecule has 0 unspecified atom stereocenters. The van der Waals surface area contributed by atoms with Crippen LogP contribution in [0.2, 0.25) is 0 Å². The standard InChI is InChI=1S/C17H20N4O2/c1-22-15-9-13-14(10-16(15)23-2)21(8-7-18)17(20-13)11-3-5-12(19)6-4-11/h3-6,9-10H,7-8,18-19H2,1-2H3. The fourth-order valence-corrected chi connectivity index (χ4v) is 2.66. The van der Waals surface area contributed by atoms with Crippen molar-refractivity contribution in [2.75, 3.05) is 26.5 Å².